The Morgan fingerprint density at radius 2 is 0.565 bits per heavy atom. The van der Waals surface area contributed by atoms with Gasteiger partial charge < -0.3 is 9.13 Å². The van der Waals surface area contributed by atoms with Gasteiger partial charge in [0.05, 0.1) is 22.4 Å². The molecule has 0 bridgehead atoms. The van der Waals surface area contributed by atoms with E-state index in [4.69, 9.17) is 0 Å². The van der Waals surface area contributed by atoms with Crippen LogP contribution in [-0.4, -0.2) is 9.13 Å². The van der Waals surface area contributed by atoms with Gasteiger partial charge in [-0.05, 0) is 129 Å². The zero-order chi connectivity index (χ0) is 41.6. The van der Waals surface area contributed by atoms with Gasteiger partial charge in [0.1, 0.15) is 0 Å². The van der Waals surface area contributed by atoms with Crippen LogP contribution < -0.4 is 0 Å². The standard InChI is InChI=1S/C60H44N2/c1-41-13-9-11-19-55(41)47-29-33-53(34-30-47)61-57(49-25-21-45(22-26-49)43-15-5-3-6-16-43)37-51-40-60-52(39-59(51)61)38-58(50-27-23-46(24-28-50)44-17-7-4-8-18-44)62(60)54-35-31-48(32-36-54)56-20-12-10-14-42(56)2/h3-40H,1-2H3. The second kappa shape index (κ2) is 15.6. The second-order valence-electron chi connectivity index (χ2n) is 16.3. The Morgan fingerprint density at radius 3 is 0.935 bits per heavy atom. The Hall–Kier alpha value is -7.94. The fourth-order valence-corrected chi connectivity index (χ4v) is 9.19. The molecule has 2 heterocycles. The van der Waals surface area contributed by atoms with Crippen molar-refractivity contribution >= 4 is 21.8 Å². The van der Waals surface area contributed by atoms with Crippen molar-refractivity contribution in [2.24, 2.45) is 0 Å². The fourth-order valence-electron chi connectivity index (χ4n) is 9.19. The van der Waals surface area contributed by atoms with Crippen LogP contribution in [0.15, 0.2) is 231 Å². The SMILES string of the molecule is Cc1ccccc1-c1ccc(-n2c(-c3ccc(-c4ccccc4)cc3)cc3cc4c(cc(-c5ccc(-c6ccccc6)cc5)n4-c4ccc(-c5ccccc5C)cc4)cc32)cc1. The molecule has 294 valence electrons. The van der Waals surface area contributed by atoms with E-state index in [9.17, 15) is 0 Å². The molecule has 2 nitrogen and oxygen atoms in total. The van der Waals surface area contributed by atoms with E-state index >= 15 is 0 Å². The lowest BCUT2D eigenvalue weighted by atomic mass is 10.0. The number of benzene rings is 9. The summed E-state index contributed by atoms with van der Waals surface area (Å²) in [6.45, 7) is 4.36. The molecule has 0 unspecified atom stereocenters. The smallest absolute Gasteiger partial charge is 0.0542 e. The van der Waals surface area contributed by atoms with Crippen LogP contribution >= 0.6 is 0 Å². The minimum Gasteiger partial charge on any atom is -0.309 e. The Balaban J connectivity index is 1.10. The van der Waals surface area contributed by atoms with E-state index in [0.717, 1.165) is 22.8 Å². The molecule has 0 N–H and O–H groups in total. The number of fused-ring (bicyclic) bond motifs is 2. The van der Waals surface area contributed by atoms with Gasteiger partial charge in [-0.1, -0.05) is 182 Å². The minimum absolute atomic E-state index is 1.13. The number of hydrogen-bond acceptors (Lipinski definition) is 0. The number of nitrogens with zero attached hydrogens (tertiary/aromatic N) is 2. The first-order chi connectivity index (χ1) is 30.6. The molecule has 0 amide bonds. The van der Waals surface area contributed by atoms with E-state index in [-0.39, 0.29) is 0 Å². The van der Waals surface area contributed by atoms with Crippen molar-refractivity contribution < 1.29 is 0 Å². The first-order valence-corrected chi connectivity index (χ1v) is 21.4. The van der Waals surface area contributed by atoms with Crippen LogP contribution in [0.4, 0.5) is 0 Å². The largest absolute Gasteiger partial charge is 0.309 e. The summed E-state index contributed by atoms with van der Waals surface area (Å²) in [6.07, 6.45) is 0. The van der Waals surface area contributed by atoms with Crippen LogP contribution in [0, 0.1) is 13.8 Å². The van der Waals surface area contributed by atoms with Gasteiger partial charge in [0, 0.05) is 22.1 Å². The normalized spacial score (nSPS) is 11.4. The Bertz CT molecular complexity index is 3120. The average molecular weight is 793 g/mol. The molecule has 2 aromatic heterocycles. The third-order valence-electron chi connectivity index (χ3n) is 12.5. The van der Waals surface area contributed by atoms with Gasteiger partial charge in [-0.2, -0.15) is 0 Å². The lowest BCUT2D eigenvalue weighted by Crippen LogP contribution is -1.98. The summed E-state index contributed by atoms with van der Waals surface area (Å²) in [4.78, 5) is 0. The molecule has 0 fully saturated rings. The molecule has 0 saturated heterocycles. The summed E-state index contributed by atoms with van der Waals surface area (Å²) < 4.78 is 4.88. The number of hydrogen-bond donors (Lipinski definition) is 0. The van der Waals surface area contributed by atoms with Crippen LogP contribution in [0.3, 0.4) is 0 Å². The van der Waals surface area contributed by atoms with E-state index in [0.29, 0.717) is 0 Å². The first kappa shape index (κ1) is 37.1. The van der Waals surface area contributed by atoms with Gasteiger partial charge in [0.25, 0.3) is 0 Å². The second-order valence-corrected chi connectivity index (χ2v) is 16.3. The van der Waals surface area contributed by atoms with Crippen molar-refractivity contribution in [3.63, 3.8) is 0 Å². The molecule has 11 aromatic rings. The Kier molecular flexibility index (Phi) is 9.32. The third kappa shape index (κ3) is 6.73. The van der Waals surface area contributed by atoms with Crippen LogP contribution in [0.5, 0.6) is 0 Å². The fraction of sp³-hybridized carbons (Fsp3) is 0.0333. The molecule has 0 radical (unpaired) electrons. The van der Waals surface area contributed by atoms with Crippen molar-refractivity contribution in [3.05, 3.63) is 242 Å². The van der Waals surface area contributed by atoms with Gasteiger partial charge in [0.15, 0.2) is 0 Å². The van der Waals surface area contributed by atoms with Crippen molar-refractivity contribution in [1.82, 2.24) is 9.13 Å². The van der Waals surface area contributed by atoms with Crippen LogP contribution in [-0.2, 0) is 0 Å². The molecular weight excluding hydrogens is 749 g/mol. The van der Waals surface area contributed by atoms with Crippen LogP contribution in [0.1, 0.15) is 11.1 Å². The molecule has 0 atom stereocenters. The first-order valence-electron chi connectivity index (χ1n) is 21.4. The van der Waals surface area contributed by atoms with E-state index in [2.05, 4.69) is 254 Å². The average Bonchev–Trinajstić information content (AvgIpc) is 3.90. The highest BCUT2D eigenvalue weighted by Crippen LogP contribution is 2.40. The monoisotopic (exact) mass is 792 g/mol. The highest BCUT2D eigenvalue weighted by molar-refractivity contribution is 6.02. The van der Waals surface area contributed by atoms with E-state index < -0.39 is 0 Å². The number of rotatable bonds is 8. The predicted molar refractivity (Wildman–Crippen MR) is 262 cm³/mol. The van der Waals surface area contributed by atoms with E-state index in [1.165, 1.54) is 88.6 Å². The van der Waals surface area contributed by atoms with Gasteiger partial charge in [-0.15, -0.1) is 0 Å². The third-order valence-corrected chi connectivity index (χ3v) is 12.5. The molecular formula is C60H44N2. The lowest BCUT2D eigenvalue weighted by molar-refractivity contribution is 1.13. The predicted octanol–water partition coefficient (Wildman–Crippen LogP) is 16.2. The van der Waals surface area contributed by atoms with Crippen molar-refractivity contribution in [2.75, 3.05) is 0 Å². The number of aryl methyl sites for hydroxylation is 2. The van der Waals surface area contributed by atoms with E-state index in [1.807, 2.05) is 0 Å². The molecule has 9 aromatic carbocycles. The van der Waals surface area contributed by atoms with E-state index in [1.54, 1.807) is 0 Å². The maximum Gasteiger partial charge on any atom is 0.0542 e. The Morgan fingerprint density at radius 1 is 0.258 bits per heavy atom. The van der Waals surface area contributed by atoms with Crippen molar-refractivity contribution in [1.29, 1.82) is 0 Å². The maximum absolute atomic E-state index is 2.44. The summed E-state index contributed by atoms with van der Waals surface area (Å²) in [5.41, 5.74) is 21.6. The zero-order valence-electron chi connectivity index (χ0n) is 34.8. The number of aromatic nitrogens is 2. The quantitative estimate of drug-likeness (QED) is 0.145. The molecule has 2 heteroatoms. The minimum atomic E-state index is 1.13. The summed E-state index contributed by atoms with van der Waals surface area (Å²) in [5, 5.41) is 2.37. The summed E-state index contributed by atoms with van der Waals surface area (Å²) in [6, 6.07) is 84.2. The van der Waals surface area contributed by atoms with Gasteiger partial charge in [-0.25, -0.2) is 0 Å². The Labute approximate surface area is 363 Å². The highest BCUT2D eigenvalue weighted by Gasteiger charge is 2.19. The topological polar surface area (TPSA) is 9.86 Å². The van der Waals surface area contributed by atoms with Gasteiger partial charge >= 0.3 is 0 Å². The summed E-state index contributed by atoms with van der Waals surface area (Å²) in [7, 11) is 0. The lowest BCUT2D eigenvalue weighted by Gasteiger charge is -2.14. The van der Waals surface area contributed by atoms with Crippen LogP contribution in [0.2, 0.25) is 0 Å². The zero-order valence-corrected chi connectivity index (χ0v) is 34.8. The molecule has 0 aliphatic carbocycles. The molecule has 0 aliphatic heterocycles. The molecule has 0 saturated carbocycles. The molecule has 0 spiro atoms. The molecule has 0 aliphatic rings. The van der Waals surface area contributed by atoms with Crippen LogP contribution in [0.25, 0.3) is 100 Å². The van der Waals surface area contributed by atoms with Crippen molar-refractivity contribution in [3.8, 4) is 78.4 Å². The highest BCUT2D eigenvalue weighted by atomic mass is 15.0. The van der Waals surface area contributed by atoms with Crippen molar-refractivity contribution in [2.45, 2.75) is 13.8 Å². The summed E-state index contributed by atoms with van der Waals surface area (Å²) >= 11 is 0. The van der Waals surface area contributed by atoms with Gasteiger partial charge in [0.2, 0.25) is 0 Å². The summed E-state index contributed by atoms with van der Waals surface area (Å²) in [5.74, 6) is 0. The molecule has 11 rings (SSSR count). The molecule has 62 heavy (non-hydrogen) atoms. The van der Waals surface area contributed by atoms with Gasteiger partial charge in [-0.3, -0.25) is 0 Å². The maximum atomic E-state index is 2.44.